The number of aliphatic hydroxyl groups is 6. The molecule has 1 aliphatic carbocycles. The molecule has 4 atom stereocenters. The molecule has 15 heavy (non-hydrogen) atoms. The average molecular weight is 222 g/mol. The largest absolute Gasteiger partial charge is 0.387 e. The molecule has 0 aliphatic heterocycles. The summed E-state index contributed by atoms with van der Waals surface area (Å²) in [5, 5.41) is 57.0. The summed E-state index contributed by atoms with van der Waals surface area (Å²) in [4.78, 5) is 0. The zero-order valence-corrected chi connectivity index (χ0v) is 8.48. The Kier molecular flexibility index (Phi) is 3.70. The summed E-state index contributed by atoms with van der Waals surface area (Å²) in [7, 11) is 0. The Hall–Kier alpha value is -0.240. The van der Waals surface area contributed by atoms with Gasteiger partial charge in [-0.2, -0.15) is 0 Å². The van der Waals surface area contributed by atoms with E-state index in [2.05, 4.69) is 0 Å². The minimum atomic E-state index is -1.98. The highest BCUT2D eigenvalue weighted by Gasteiger charge is 2.56. The lowest BCUT2D eigenvalue weighted by atomic mass is 9.73. The number of rotatable bonds is 2. The summed E-state index contributed by atoms with van der Waals surface area (Å²) >= 11 is 0. The van der Waals surface area contributed by atoms with Crippen LogP contribution in [0.15, 0.2) is 0 Å². The molecule has 0 aromatic heterocycles. The first-order chi connectivity index (χ1) is 6.86. The highest BCUT2D eigenvalue weighted by atomic mass is 16.4. The highest BCUT2D eigenvalue weighted by molar-refractivity contribution is 5.07. The number of aliphatic hydroxyl groups excluding tert-OH is 5. The Labute approximate surface area is 87.4 Å². The predicted molar refractivity (Wildman–Crippen MR) is 49.9 cm³/mol. The Morgan fingerprint density at radius 3 is 1.60 bits per heavy atom. The molecule has 6 N–H and O–H groups in total. The van der Waals surface area contributed by atoms with Crippen LogP contribution >= 0.6 is 0 Å². The van der Waals surface area contributed by atoms with Crippen LogP contribution in [-0.4, -0.2) is 66.8 Å². The standard InChI is InChI=1S/C9H18O6/c1-2-3-9(15)7(13)5(11)4(10)6(12)8(9)14/h4-8,10-15H,2-3H2,1H3. The van der Waals surface area contributed by atoms with Crippen molar-refractivity contribution in [3.05, 3.63) is 0 Å². The first kappa shape index (κ1) is 12.8. The maximum absolute atomic E-state index is 9.94. The van der Waals surface area contributed by atoms with E-state index in [0.717, 1.165) is 0 Å². The van der Waals surface area contributed by atoms with Gasteiger partial charge in [-0.25, -0.2) is 0 Å². The van der Waals surface area contributed by atoms with Gasteiger partial charge >= 0.3 is 0 Å². The molecule has 6 nitrogen and oxygen atoms in total. The molecule has 1 fully saturated rings. The van der Waals surface area contributed by atoms with Crippen LogP contribution in [0.1, 0.15) is 19.8 Å². The van der Waals surface area contributed by atoms with Gasteiger partial charge in [0.05, 0.1) is 0 Å². The lowest BCUT2D eigenvalue weighted by Gasteiger charge is -2.47. The molecule has 4 unspecified atom stereocenters. The topological polar surface area (TPSA) is 121 Å². The van der Waals surface area contributed by atoms with Gasteiger partial charge in [0.2, 0.25) is 0 Å². The fraction of sp³-hybridized carbons (Fsp3) is 1.00. The van der Waals surface area contributed by atoms with Crippen LogP contribution in [-0.2, 0) is 0 Å². The molecule has 1 saturated carbocycles. The molecular weight excluding hydrogens is 204 g/mol. The molecular formula is C9H18O6. The maximum Gasteiger partial charge on any atom is 0.121 e. The van der Waals surface area contributed by atoms with Crippen molar-refractivity contribution < 1.29 is 30.6 Å². The van der Waals surface area contributed by atoms with E-state index in [1.165, 1.54) is 0 Å². The normalized spacial score (nSPS) is 51.8. The fourth-order valence-corrected chi connectivity index (χ4v) is 2.04. The van der Waals surface area contributed by atoms with E-state index in [0.29, 0.717) is 6.42 Å². The smallest absolute Gasteiger partial charge is 0.121 e. The molecule has 0 bridgehead atoms. The van der Waals surface area contributed by atoms with E-state index < -0.39 is 36.1 Å². The zero-order chi connectivity index (χ0) is 11.8. The zero-order valence-electron chi connectivity index (χ0n) is 8.48. The van der Waals surface area contributed by atoms with Crippen molar-refractivity contribution in [2.75, 3.05) is 0 Å². The minimum Gasteiger partial charge on any atom is -0.387 e. The van der Waals surface area contributed by atoms with Gasteiger partial charge < -0.3 is 30.6 Å². The van der Waals surface area contributed by atoms with Gasteiger partial charge in [0.25, 0.3) is 0 Å². The molecule has 0 aromatic rings. The highest BCUT2D eigenvalue weighted by Crippen LogP contribution is 2.33. The van der Waals surface area contributed by atoms with Crippen LogP contribution < -0.4 is 0 Å². The Balaban J connectivity index is 2.95. The van der Waals surface area contributed by atoms with Crippen molar-refractivity contribution in [1.82, 2.24) is 0 Å². The van der Waals surface area contributed by atoms with Crippen LogP contribution in [0.2, 0.25) is 0 Å². The van der Waals surface area contributed by atoms with Crippen LogP contribution in [0.3, 0.4) is 0 Å². The third kappa shape index (κ3) is 1.89. The SMILES string of the molecule is CCCC1(O)C(O)C(O)C(O)C(O)C1O. The third-order valence-electron chi connectivity index (χ3n) is 3.02. The van der Waals surface area contributed by atoms with E-state index >= 15 is 0 Å². The molecule has 1 aliphatic rings. The van der Waals surface area contributed by atoms with E-state index in [1.54, 1.807) is 6.92 Å². The lowest BCUT2D eigenvalue weighted by Crippen LogP contribution is -2.70. The first-order valence-electron chi connectivity index (χ1n) is 4.99. The molecule has 0 amide bonds. The second kappa shape index (κ2) is 4.32. The van der Waals surface area contributed by atoms with E-state index in [4.69, 9.17) is 0 Å². The summed E-state index contributed by atoms with van der Waals surface area (Å²) < 4.78 is 0. The Morgan fingerprint density at radius 2 is 1.27 bits per heavy atom. The van der Waals surface area contributed by atoms with E-state index in [9.17, 15) is 30.6 Å². The molecule has 0 saturated heterocycles. The lowest BCUT2D eigenvalue weighted by molar-refractivity contribution is -0.269. The summed E-state index contributed by atoms with van der Waals surface area (Å²) in [6.07, 6.45) is -7.86. The number of hydrogen-bond acceptors (Lipinski definition) is 6. The third-order valence-corrected chi connectivity index (χ3v) is 3.02. The second-order valence-corrected chi connectivity index (χ2v) is 4.10. The first-order valence-corrected chi connectivity index (χ1v) is 4.99. The van der Waals surface area contributed by atoms with Crippen molar-refractivity contribution in [3.8, 4) is 0 Å². The average Bonchev–Trinajstić information content (AvgIpc) is 2.22. The molecule has 6 heteroatoms. The van der Waals surface area contributed by atoms with Crippen LogP contribution in [0.5, 0.6) is 0 Å². The van der Waals surface area contributed by atoms with Gasteiger partial charge in [-0.15, -0.1) is 0 Å². The van der Waals surface area contributed by atoms with E-state index in [1.807, 2.05) is 0 Å². The van der Waals surface area contributed by atoms with E-state index in [-0.39, 0.29) is 6.42 Å². The van der Waals surface area contributed by atoms with Gasteiger partial charge in [-0.3, -0.25) is 0 Å². The summed E-state index contributed by atoms with van der Waals surface area (Å²) in [5.74, 6) is 0. The summed E-state index contributed by atoms with van der Waals surface area (Å²) in [6, 6.07) is 0. The van der Waals surface area contributed by atoms with Crippen molar-refractivity contribution in [2.24, 2.45) is 0 Å². The van der Waals surface area contributed by atoms with Gasteiger partial charge in [-0.05, 0) is 6.42 Å². The van der Waals surface area contributed by atoms with Crippen LogP contribution in [0.25, 0.3) is 0 Å². The Morgan fingerprint density at radius 1 is 0.867 bits per heavy atom. The van der Waals surface area contributed by atoms with Gasteiger partial charge in [0, 0.05) is 0 Å². The molecule has 1 rings (SSSR count). The predicted octanol–water partition coefficient (Wildman–Crippen LogP) is -2.66. The molecule has 0 spiro atoms. The van der Waals surface area contributed by atoms with Crippen molar-refractivity contribution in [2.45, 2.75) is 55.9 Å². The molecule has 0 aromatic carbocycles. The Bertz CT molecular complexity index is 205. The molecule has 90 valence electrons. The maximum atomic E-state index is 9.94. The van der Waals surface area contributed by atoms with Crippen molar-refractivity contribution in [3.63, 3.8) is 0 Å². The van der Waals surface area contributed by atoms with Crippen LogP contribution in [0.4, 0.5) is 0 Å². The summed E-state index contributed by atoms with van der Waals surface area (Å²) in [5.41, 5.74) is -1.98. The number of hydrogen-bond donors (Lipinski definition) is 6. The van der Waals surface area contributed by atoms with Gasteiger partial charge in [0.1, 0.15) is 36.1 Å². The van der Waals surface area contributed by atoms with Crippen molar-refractivity contribution >= 4 is 0 Å². The quantitative estimate of drug-likeness (QED) is 0.303. The van der Waals surface area contributed by atoms with Crippen molar-refractivity contribution in [1.29, 1.82) is 0 Å². The molecule has 0 radical (unpaired) electrons. The fourth-order valence-electron chi connectivity index (χ4n) is 2.04. The second-order valence-electron chi connectivity index (χ2n) is 4.10. The summed E-state index contributed by atoms with van der Waals surface area (Å²) in [6.45, 7) is 1.72. The molecule has 0 heterocycles. The van der Waals surface area contributed by atoms with Gasteiger partial charge in [0.15, 0.2) is 0 Å². The van der Waals surface area contributed by atoms with Crippen LogP contribution in [0, 0.1) is 0 Å². The van der Waals surface area contributed by atoms with Gasteiger partial charge in [-0.1, -0.05) is 13.3 Å². The monoisotopic (exact) mass is 222 g/mol. The minimum absolute atomic E-state index is 0.0240.